The van der Waals surface area contributed by atoms with Gasteiger partial charge in [0.1, 0.15) is 23.5 Å². The highest BCUT2D eigenvalue weighted by atomic mass is 16.5. The topological polar surface area (TPSA) is 109 Å². The van der Waals surface area contributed by atoms with Gasteiger partial charge in [0.25, 0.3) is 0 Å². The maximum Gasteiger partial charge on any atom is 0.339 e. The van der Waals surface area contributed by atoms with Gasteiger partial charge in [-0.25, -0.2) is 9.78 Å². The van der Waals surface area contributed by atoms with Gasteiger partial charge in [0.15, 0.2) is 5.82 Å². The number of ether oxygens (including phenoxy) is 3. The average Bonchev–Trinajstić information content (AvgIpc) is 2.71. The van der Waals surface area contributed by atoms with Crippen molar-refractivity contribution in [2.75, 3.05) is 25.3 Å². The Morgan fingerprint density at radius 2 is 1.70 bits per heavy atom. The molecule has 0 aliphatic heterocycles. The van der Waals surface area contributed by atoms with E-state index in [9.17, 15) is 4.79 Å². The van der Waals surface area contributed by atoms with Crippen molar-refractivity contribution in [3.05, 3.63) is 60.4 Å². The minimum absolute atomic E-state index is 0.188. The second-order valence-corrected chi connectivity index (χ2v) is 5.38. The van der Waals surface area contributed by atoms with Gasteiger partial charge in [-0.1, -0.05) is 12.1 Å². The molecule has 3 N–H and O–H groups in total. The molecular formula is C19H18N4O4. The van der Waals surface area contributed by atoms with E-state index in [0.717, 1.165) is 0 Å². The lowest BCUT2D eigenvalue weighted by molar-refractivity contribution is 0.0602. The zero-order valence-corrected chi connectivity index (χ0v) is 14.8. The summed E-state index contributed by atoms with van der Waals surface area (Å²) in [5.41, 5.74) is 7.20. The number of nitrogens with two attached hydrogens (primary N) is 1. The number of nitrogens with zero attached hydrogens (tertiary/aromatic N) is 2. The first kappa shape index (κ1) is 18.0. The van der Waals surface area contributed by atoms with Gasteiger partial charge < -0.3 is 25.3 Å². The lowest BCUT2D eigenvalue weighted by atomic mass is 10.2. The molecule has 8 heteroatoms. The Balaban J connectivity index is 1.86. The van der Waals surface area contributed by atoms with Crippen molar-refractivity contribution >= 4 is 23.2 Å². The summed E-state index contributed by atoms with van der Waals surface area (Å²) in [6.45, 7) is 0. The van der Waals surface area contributed by atoms with E-state index >= 15 is 0 Å². The number of benzene rings is 2. The summed E-state index contributed by atoms with van der Waals surface area (Å²) >= 11 is 0. The maximum absolute atomic E-state index is 11.9. The second-order valence-electron chi connectivity index (χ2n) is 5.38. The number of rotatable bonds is 6. The van der Waals surface area contributed by atoms with Gasteiger partial charge in [-0.15, -0.1) is 0 Å². The molecule has 0 atom stereocenters. The molecule has 0 bridgehead atoms. The highest BCUT2D eigenvalue weighted by Crippen LogP contribution is 2.32. The van der Waals surface area contributed by atoms with Crippen LogP contribution in [-0.2, 0) is 4.74 Å². The predicted molar refractivity (Wildman–Crippen MR) is 101 cm³/mol. The van der Waals surface area contributed by atoms with Crippen molar-refractivity contribution in [1.82, 2.24) is 9.97 Å². The lowest BCUT2D eigenvalue weighted by Crippen LogP contribution is -2.08. The van der Waals surface area contributed by atoms with Gasteiger partial charge >= 0.3 is 5.97 Å². The van der Waals surface area contributed by atoms with E-state index in [1.807, 2.05) is 0 Å². The second kappa shape index (κ2) is 8.05. The molecule has 0 radical (unpaired) electrons. The third-order valence-corrected chi connectivity index (χ3v) is 3.71. The molecule has 3 aromatic rings. The fourth-order valence-electron chi connectivity index (χ4n) is 2.32. The van der Waals surface area contributed by atoms with E-state index in [1.54, 1.807) is 55.6 Å². The molecule has 0 saturated carbocycles. The molecule has 0 fully saturated rings. The van der Waals surface area contributed by atoms with Gasteiger partial charge in [0, 0.05) is 0 Å². The normalized spacial score (nSPS) is 10.1. The Morgan fingerprint density at radius 1 is 1.00 bits per heavy atom. The number of nitrogens with one attached hydrogen (secondary N) is 1. The Labute approximate surface area is 155 Å². The van der Waals surface area contributed by atoms with E-state index in [0.29, 0.717) is 28.6 Å². The van der Waals surface area contributed by atoms with Crippen molar-refractivity contribution < 1.29 is 19.0 Å². The van der Waals surface area contributed by atoms with Crippen LogP contribution in [0.2, 0.25) is 0 Å². The van der Waals surface area contributed by atoms with Crippen LogP contribution >= 0.6 is 0 Å². The SMILES string of the molecule is COC(=O)c1ccccc1Nc1ncnc(Oc2ccc(OC)cc2)c1N. The van der Waals surface area contributed by atoms with Crippen molar-refractivity contribution in [3.8, 4) is 17.4 Å². The van der Waals surface area contributed by atoms with Gasteiger partial charge in [-0.2, -0.15) is 4.98 Å². The molecule has 0 unspecified atom stereocenters. The summed E-state index contributed by atoms with van der Waals surface area (Å²) in [6.07, 6.45) is 1.32. The molecule has 1 heterocycles. The molecule has 138 valence electrons. The van der Waals surface area contributed by atoms with Crippen LogP contribution in [0.4, 0.5) is 17.2 Å². The molecule has 0 amide bonds. The fourth-order valence-corrected chi connectivity index (χ4v) is 2.32. The van der Waals surface area contributed by atoms with E-state index < -0.39 is 5.97 Å². The Kier molecular flexibility index (Phi) is 5.36. The molecular weight excluding hydrogens is 348 g/mol. The number of para-hydroxylation sites is 1. The van der Waals surface area contributed by atoms with E-state index in [-0.39, 0.29) is 11.6 Å². The molecule has 2 aromatic carbocycles. The predicted octanol–water partition coefficient (Wildman–Crippen LogP) is 3.39. The molecule has 1 aromatic heterocycles. The Hall–Kier alpha value is -3.81. The summed E-state index contributed by atoms with van der Waals surface area (Å²) in [5, 5.41) is 3.02. The molecule has 0 spiro atoms. The first-order chi connectivity index (χ1) is 13.1. The van der Waals surface area contributed by atoms with Crippen molar-refractivity contribution in [2.45, 2.75) is 0 Å². The first-order valence-electron chi connectivity index (χ1n) is 7.99. The van der Waals surface area contributed by atoms with Crippen LogP contribution in [0.15, 0.2) is 54.9 Å². The summed E-state index contributed by atoms with van der Waals surface area (Å²) < 4.78 is 15.6. The minimum Gasteiger partial charge on any atom is -0.497 e. The van der Waals surface area contributed by atoms with Gasteiger partial charge in [0.2, 0.25) is 5.88 Å². The zero-order chi connectivity index (χ0) is 19.2. The smallest absolute Gasteiger partial charge is 0.339 e. The maximum atomic E-state index is 11.9. The van der Waals surface area contributed by atoms with Crippen LogP contribution in [0.5, 0.6) is 17.4 Å². The summed E-state index contributed by atoms with van der Waals surface area (Å²) in [4.78, 5) is 20.1. The van der Waals surface area contributed by atoms with Crippen molar-refractivity contribution in [2.24, 2.45) is 0 Å². The highest BCUT2D eigenvalue weighted by Gasteiger charge is 2.15. The van der Waals surface area contributed by atoms with E-state index in [1.165, 1.54) is 13.4 Å². The lowest BCUT2D eigenvalue weighted by Gasteiger charge is -2.13. The van der Waals surface area contributed by atoms with Gasteiger partial charge in [0.05, 0.1) is 25.5 Å². The van der Waals surface area contributed by atoms with Crippen LogP contribution in [-0.4, -0.2) is 30.2 Å². The number of nitrogen functional groups attached to an aromatic ring is 1. The monoisotopic (exact) mass is 366 g/mol. The van der Waals surface area contributed by atoms with Crippen LogP contribution in [0.1, 0.15) is 10.4 Å². The number of esters is 1. The molecule has 0 aliphatic carbocycles. The summed E-state index contributed by atoms with van der Waals surface area (Å²) in [7, 11) is 2.90. The number of carbonyl (C=O) groups excluding carboxylic acids is 1. The highest BCUT2D eigenvalue weighted by molar-refractivity contribution is 5.96. The number of hydrogen-bond acceptors (Lipinski definition) is 8. The number of carbonyl (C=O) groups is 1. The Morgan fingerprint density at radius 3 is 2.41 bits per heavy atom. The number of methoxy groups -OCH3 is 2. The van der Waals surface area contributed by atoms with Crippen molar-refractivity contribution in [1.29, 1.82) is 0 Å². The molecule has 8 nitrogen and oxygen atoms in total. The van der Waals surface area contributed by atoms with Crippen LogP contribution < -0.4 is 20.5 Å². The minimum atomic E-state index is -0.472. The van der Waals surface area contributed by atoms with E-state index in [2.05, 4.69) is 15.3 Å². The zero-order valence-electron chi connectivity index (χ0n) is 14.8. The van der Waals surface area contributed by atoms with Gasteiger partial charge in [-0.05, 0) is 36.4 Å². The third kappa shape index (κ3) is 4.06. The molecule has 0 saturated heterocycles. The fraction of sp³-hybridized carbons (Fsp3) is 0.105. The van der Waals surface area contributed by atoms with Gasteiger partial charge in [-0.3, -0.25) is 0 Å². The largest absolute Gasteiger partial charge is 0.497 e. The Bertz CT molecular complexity index is 945. The summed E-state index contributed by atoms with van der Waals surface area (Å²) in [5.74, 6) is 1.28. The number of hydrogen-bond donors (Lipinski definition) is 2. The molecule has 27 heavy (non-hydrogen) atoms. The standard InChI is InChI=1S/C19H18N4O4/c1-25-12-7-9-13(10-8-12)27-18-16(20)17(21-11-22-18)23-15-6-4-3-5-14(15)19(24)26-2/h3-11H,20H2,1-2H3,(H,21,22,23). The third-order valence-electron chi connectivity index (χ3n) is 3.71. The summed E-state index contributed by atoms with van der Waals surface area (Å²) in [6, 6.07) is 13.9. The molecule has 3 rings (SSSR count). The van der Waals surface area contributed by atoms with Crippen LogP contribution in [0, 0.1) is 0 Å². The molecule has 0 aliphatic rings. The average molecular weight is 366 g/mol. The van der Waals surface area contributed by atoms with E-state index in [4.69, 9.17) is 19.9 Å². The first-order valence-corrected chi connectivity index (χ1v) is 7.99. The number of anilines is 3. The van der Waals surface area contributed by atoms with Crippen molar-refractivity contribution in [3.63, 3.8) is 0 Å². The quantitative estimate of drug-likeness (QED) is 0.639. The van der Waals surface area contributed by atoms with Crippen LogP contribution in [0.25, 0.3) is 0 Å². The number of aromatic nitrogens is 2. The van der Waals surface area contributed by atoms with Crippen LogP contribution in [0.3, 0.4) is 0 Å².